The molecule has 0 rings (SSSR count). The summed E-state index contributed by atoms with van der Waals surface area (Å²) in [4.78, 5) is 0. The first-order chi connectivity index (χ1) is 1.41. The molecule has 0 fully saturated rings. The fourth-order valence-corrected chi connectivity index (χ4v) is 0. The van der Waals surface area contributed by atoms with E-state index in [1.54, 1.807) is 0 Å². The van der Waals surface area contributed by atoms with Crippen molar-refractivity contribution in [1.29, 1.82) is 0 Å². The van der Waals surface area contributed by atoms with Crippen molar-refractivity contribution >= 4 is 17.4 Å². The third kappa shape index (κ3) is 55.4. The van der Waals surface area contributed by atoms with Gasteiger partial charge in [-0.25, -0.2) is 0 Å². The van der Waals surface area contributed by atoms with E-state index in [1.807, 2.05) is 0 Å². The second-order valence-electron chi connectivity index (χ2n) is 0.0583. The van der Waals surface area contributed by atoms with E-state index in [-0.39, 0.29) is 50.6 Å². The van der Waals surface area contributed by atoms with Crippen molar-refractivity contribution < 1.29 is 47.5 Å². The first-order valence-corrected chi connectivity index (χ1v) is 0.309. The SMILES string of the molecule is FOF.[Al].[Co].[Ni]. The van der Waals surface area contributed by atoms with Crippen LogP contribution in [0.1, 0.15) is 0 Å². The van der Waals surface area contributed by atoms with Crippen molar-refractivity contribution in [2.24, 2.45) is 0 Å². The maximum atomic E-state index is 9.12. The summed E-state index contributed by atoms with van der Waals surface area (Å²) in [6.07, 6.45) is 0. The first-order valence-electron chi connectivity index (χ1n) is 0.309. The molecule has 0 atom stereocenters. The Morgan fingerprint density at radius 1 is 1.17 bits per heavy atom. The maximum absolute atomic E-state index is 9.12. The van der Waals surface area contributed by atoms with Crippen LogP contribution in [-0.2, 0) is 38.4 Å². The third-order valence-electron chi connectivity index (χ3n) is 0. The minimum absolute atomic E-state index is 0. The molecule has 4 radical (unpaired) electrons. The first kappa shape index (κ1) is 26.4. The Morgan fingerprint density at radius 3 is 1.17 bits per heavy atom. The van der Waals surface area contributed by atoms with E-state index in [0.29, 0.717) is 0 Å². The number of hydrogen-bond donors (Lipinski definition) is 0. The van der Waals surface area contributed by atoms with Crippen LogP contribution in [-0.4, -0.2) is 17.4 Å². The van der Waals surface area contributed by atoms with E-state index in [4.69, 9.17) is 9.05 Å². The summed E-state index contributed by atoms with van der Waals surface area (Å²) in [5.74, 6) is 0. The van der Waals surface area contributed by atoms with Crippen LogP contribution >= 0.6 is 0 Å². The van der Waals surface area contributed by atoms with Gasteiger partial charge in [0.25, 0.3) is 0 Å². The smallest absolute Gasteiger partial charge is 0.0104 e. The van der Waals surface area contributed by atoms with E-state index in [1.165, 1.54) is 5.15 Å². The summed E-state index contributed by atoms with van der Waals surface area (Å²) < 4.78 is 18.2. The summed E-state index contributed by atoms with van der Waals surface area (Å²) in [6.45, 7) is 0. The second-order valence-corrected chi connectivity index (χ2v) is 0.0583. The summed E-state index contributed by atoms with van der Waals surface area (Å²) >= 11 is 0. The van der Waals surface area contributed by atoms with Crippen molar-refractivity contribution in [3.05, 3.63) is 0 Å². The predicted molar refractivity (Wildman–Crippen MR) is 9.05 cm³/mol. The van der Waals surface area contributed by atoms with Gasteiger partial charge < -0.3 is 0 Å². The number of rotatable bonds is 0. The van der Waals surface area contributed by atoms with Crippen molar-refractivity contribution in [2.75, 3.05) is 0 Å². The molecule has 0 aliphatic carbocycles. The van der Waals surface area contributed by atoms with Crippen LogP contribution in [0.25, 0.3) is 0 Å². The van der Waals surface area contributed by atoms with E-state index >= 15 is 0 Å². The topological polar surface area (TPSA) is 9.23 Å². The zero-order valence-corrected chi connectivity index (χ0v) is 5.57. The molecule has 1 nitrogen and oxygen atoms in total. The molecule has 0 unspecified atom stereocenters. The Morgan fingerprint density at radius 2 is 1.17 bits per heavy atom. The van der Waals surface area contributed by atoms with Gasteiger partial charge in [-0.2, -0.15) is 0 Å². The molecule has 0 aromatic heterocycles. The molecule has 0 N–H and O–H groups in total. The number of halogens is 2. The molecule has 0 saturated heterocycles. The van der Waals surface area contributed by atoms with Gasteiger partial charge in [0, 0.05) is 55.8 Å². The summed E-state index contributed by atoms with van der Waals surface area (Å²) in [5, 5.41) is 1.25. The molecule has 0 bridgehead atoms. The standard InChI is InChI=1S/Al.Co.F2O.Ni/c;;1-3-2;. The molecular formula is AlCoF2NiO. The minimum atomic E-state index is 0. The van der Waals surface area contributed by atoms with Crippen molar-refractivity contribution in [1.82, 2.24) is 0 Å². The monoisotopic (exact) mass is 198 g/mol. The van der Waals surface area contributed by atoms with E-state index in [9.17, 15) is 0 Å². The average Bonchev–Trinajstić information content (AvgIpc) is 0.918. The molecule has 0 aromatic carbocycles. The van der Waals surface area contributed by atoms with Gasteiger partial charge in [0.2, 0.25) is 0 Å². The van der Waals surface area contributed by atoms with E-state index < -0.39 is 0 Å². The van der Waals surface area contributed by atoms with Gasteiger partial charge in [0.1, 0.15) is 0 Å². The zero-order chi connectivity index (χ0) is 2.71. The molecule has 0 aromatic rings. The maximum Gasteiger partial charge on any atom is 0.0209 e. The third-order valence-corrected chi connectivity index (χ3v) is 0. The van der Waals surface area contributed by atoms with Crippen LogP contribution in [0.2, 0.25) is 0 Å². The fourth-order valence-electron chi connectivity index (χ4n) is 0. The Hall–Kier alpha value is 1.35. The quantitative estimate of drug-likeness (QED) is 0.512. The van der Waals surface area contributed by atoms with Crippen LogP contribution in [0.3, 0.4) is 0 Å². The molecule has 0 amide bonds. The van der Waals surface area contributed by atoms with Crippen LogP contribution in [0.5, 0.6) is 0 Å². The molecular weight excluding hydrogens is 199 g/mol. The molecule has 0 heterocycles. The van der Waals surface area contributed by atoms with Crippen LogP contribution in [0, 0.1) is 0 Å². The van der Waals surface area contributed by atoms with Gasteiger partial charge in [0.15, 0.2) is 0 Å². The molecule has 0 spiro atoms. The van der Waals surface area contributed by atoms with Crippen molar-refractivity contribution in [3.8, 4) is 0 Å². The van der Waals surface area contributed by atoms with Gasteiger partial charge in [-0.05, 0) is 9.05 Å². The molecule has 0 aliphatic rings. The van der Waals surface area contributed by atoms with Crippen LogP contribution in [0.15, 0.2) is 0 Å². The van der Waals surface area contributed by atoms with Gasteiger partial charge in [-0.3, -0.25) is 0 Å². The molecule has 0 saturated carbocycles. The molecule has 6 heteroatoms. The van der Waals surface area contributed by atoms with E-state index in [0.717, 1.165) is 0 Å². The van der Waals surface area contributed by atoms with Crippen molar-refractivity contribution in [3.63, 3.8) is 0 Å². The number of hydrogen-bond acceptors (Lipinski definition) is 1. The van der Waals surface area contributed by atoms with Gasteiger partial charge >= 0.3 is 0 Å². The Bertz CT molecular complexity index is 13.5. The Kier molecular flexibility index (Phi) is 145. The Labute approximate surface area is 64.9 Å². The second kappa shape index (κ2) is 32.9. The van der Waals surface area contributed by atoms with Crippen LogP contribution < -0.4 is 0 Å². The predicted octanol–water partition coefficient (Wildman–Crippen LogP) is 0.386. The van der Waals surface area contributed by atoms with Crippen molar-refractivity contribution in [2.45, 2.75) is 0 Å². The summed E-state index contributed by atoms with van der Waals surface area (Å²) in [5.41, 5.74) is 0. The van der Waals surface area contributed by atoms with Gasteiger partial charge in [-0.15, -0.1) is 0 Å². The van der Waals surface area contributed by atoms with Gasteiger partial charge in [0.05, 0.1) is 0 Å². The molecule has 6 heavy (non-hydrogen) atoms. The minimum Gasteiger partial charge on any atom is -0.0104 e. The molecule has 0 aliphatic heterocycles. The van der Waals surface area contributed by atoms with Crippen LogP contribution in [0.4, 0.5) is 9.05 Å². The average molecular weight is 199 g/mol. The van der Waals surface area contributed by atoms with E-state index in [2.05, 4.69) is 0 Å². The Balaban J connectivity index is -0.00000000667. The molecule has 42 valence electrons. The normalized spacial score (nSPS) is 3.00. The fraction of sp³-hybridized carbons (Fsp3) is 0. The largest absolute Gasteiger partial charge is 0.0209 e. The summed E-state index contributed by atoms with van der Waals surface area (Å²) in [7, 11) is 0. The summed E-state index contributed by atoms with van der Waals surface area (Å²) in [6, 6.07) is 0. The zero-order valence-electron chi connectivity index (χ0n) is 2.39. The van der Waals surface area contributed by atoms with Gasteiger partial charge in [-0.1, -0.05) is 0 Å².